The van der Waals surface area contributed by atoms with E-state index in [4.69, 9.17) is 4.84 Å². The van der Waals surface area contributed by atoms with Crippen LogP contribution in [0.15, 0.2) is 30.3 Å². The van der Waals surface area contributed by atoms with Gasteiger partial charge in [-0.15, -0.1) is 0 Å². The van der Waals surface area contributed by atoms with E-state index in [9.17, 15) is 18.7 Å². The number of benzene rings is 2. The molecule has 1 aliphatic rings. The summed E-state index contributed by atoms with van der Waals surface area (Å²) in [6.45, 7) is 0.385. The summed E-state index contributed by atoms with van der Waals surface area (Å²) in [5.74, 6) is -2.73. The van der Waals surface area contributed by atoms with Gasteiger partial charge in [-0.2, -0.15) is 0 Å². The lowest BCUT2D eigenvalue weighted by molar-refractivity contribution is 0.0270. The van der Waals surface area contributed by atoms with E-state index in [1.807, 2.05) is 22.6 Å². The summed E-state index contributed by atoms with van der Waals surface area (Å²) < 4.78 is 28.6. The van der Waals surface area contributed by atoms with Gasteiger partial charge in [-0.25, -0.2) is 14.3 Å². The highest BCUT2D eigenvalue weighted by molar-refractivity contribution is 14.1. The number of aromatic hydroxyl groups is 1. The number of anilines is 2. The molecule has 132 valence electrons. The van der Waals surface area contributed by atoms with E-state index in [0.717, 1.165) is 28.5 Å². The van der Waals surface area contributed by atoms with Crippen molar-refractivity contribution in [3.8, 4) is 5.75 Å². The average molecular weight is 460 g/mol. The minimum atomic E-state index is -1.22. The van der Waals surface area contributed by atoms with Crippen LogP contribution in [0.3, 0.4) is 0 Å². The van der Waals surface area contributed by atoms with E-state index in [1.165, 1.54) is 12.1 Å². The Hall–Kier alpha value is -1.94. The summed E-state index contributed by atoms with van der Waals surface area (Å²) in [6.07, 6.45) is 2.11. The molecular weight excluding hydrogens is 445 g/mol. The largest absolute Gasteiger partial charge is 0.506 e. The van der Waals surface area contributed by atoms with Crippen LogP contribution >= 0.6 is 22.6 Å². The molecule has 0 heterocycles. The Kier molecular flexibility index (Phi) is 5.38. The Labute approximate surface area is 156 Å². The summed E-state index contributed by atoms with van der Waals surface area (Å²) in [5.41, 5.74) is 1.88. The third-order valence-electron chi connectivity index (χ3n) is 3.74. The van der Waals surface area contributed by atoms with Crippen molar-refractivity contribution in [2.24, 2.45) is 5.92 Å². The molecule has 0 aliphatic heterocycles. The monoisotopic (exact) mass is 460 g/mol. The van der Waals surface area contributed by atoms with Crippen LogP contribution in [0, 0.1) is 21.1 Å². The average Bonchev–Trinajstić information content (AvgIpc) is 3.38. The SMILES string of the molecule is O=C(NOCC1CC1)c1ccc(F)c(F)c1Nc1ccc(I)cc1O. The molecule has 0 atom stereocenters. The summed E-state index contributed by atoms with van der Waals surface area (Å²) in [7, 11) is 0. The highest BCUT2D eigenvalue weighted by atomic mass is 127. The second-order valence-electron chi connectivity index (χ2n) is 5.76. The first-order valence-corrected chi connectivity index (χ1v) is 8.69. The standard InChI is InChI=1S/C17H15F2IN2O3/c18-12-5-4-11(17(24)22-25-8-9-1-2-9)16(15(12)19)21-13-6-3-10(20)7-14(13)23/h3-7,9,21,23H,1-2,8H2,(H,22,24). The fourth-order valence-corrected chi connectivity index (χ4v) is 2.65. The molecule has 1 amide bonds. The summed E-state index contributed by atoms with van der Waals surface area (Å²) in [6, 6.07) is 6.66. The molecule has 0 saturated heterocycles. The summed E-state index contributed by atoms with van der Waals surface area (Å²) >= 11 is 2.01. The minimum Gasteiger partial charge on any atom is -0.506 e. The second-order valence-corrected chi connectivity index (χ2v) is 7.00. The fourth-order valence-electron chi connectivity index (χ4n) is 2.17. The van der Waals surface area contributed by atoms with Gasteiger partial charge in [0.15, 0.2) is 11.6 Å². The van der Waals surface area contributed by atoms with E-state index in [2.05, 4.69) is 10.8 Å². The maximum atomic E-state index is 14.2. The highest BCUT2D eigenvalue weighted by Crippen LogP contribution is 2.32. The maximum absolute atomic E-state index is 14.2. The van der Waals surface area contributed by atoms with Gasteiger partial charge in [-0.1, -0.05) is 0 Å². The zero-order chi connectivity index (χ0) is 18.0. The molecule has 1 fully saturated rings. The molecule has 8 heteroatoms. The minimum absolute atomic E-state index is 0.132. The first-order valence-electron chi connectivity index (χ1n) is 7.61. The zero-order valence-electron chi connectivity index (χ0n) is 13.0. The molecule has 0 bridgehead atoms. The fraction of sp³-hybridized carbons (Fsp3) is 0.235. The topological polar surface area (TPSA) is 70.6 Å². The van der Waals surface area contributed by atoms with E-state index < -0.39 is 17.5 Å². The van der Waals surface area contributed by atoms with Crippen molar-refractivity contribution >= 4 is 39.9 Å². The number of rotatable bonds is 6. The van der Waals surface area contributed by atoms with E-state index in [-0.39, 0.29) is 22.7 Å². The van der Waals surface area contributed by atoms with Gasteiger partial charge in [0.05, 0.1) is 23.5 Å². The molecule has 2 aromatic rings. The van der Waals surface area contributed by atoms with Crippen molar-refractivity contribution in [2.75, 3.05) is 11.9 Å². The normalized spacial score (nSPS) is 13.6. The molecular formula is C17H15F2IN2O3. The van der Waals surface area contributed by atoms with Gasteiger partial charge in [0.2, 0.25) is 0 Å². The number of hydroxylamine groups is 1. The van der Waals surface area contributed by atoms with Crippen LogP contribution in [0.2, 0.25) is 0 Å². The highest BCUT2D eigenvalue weighted by Gasteiger charge is 2.23. The second kappa shape index (κ2) is 7.52. The quantitative estimate of drug-likeness (QED) is 0.345. The lowest BCUT2D eigenvalue weighted by Crippen LogP contribution is -2.26. The van der Waals surface area contributed by atoms with Crippen molar-refractivity contribution in [2.45, 2.75) is 12.8 Å². The molecule has 0 radical (unpaired) electrons. The molecule has 2 aromatic carbocycles. The van der Waals surface area contributed by atoms with Gasteiger partial charge in [0, 0.05) is 3.57 Å². The van der Waals surface area contributed by atoms with Gasteiger partial charge in [-0.05, 0) is 71.7 Å². The Morgan fingerprint density at radius 3 is 2.72 bits per heavy atom. The maximum Gasteiger partial charge on any atom is 0.277 e. The van der Waals surface area contributed by atoms with Crippen molar-refractivity contribution < 1.29 is 23.5 Å². The van der Waals surface area contributed by atoms with Crippen molar-refractivity contribution in [3.63, 3.8) is 0 Å². The van der Waals surface area contributed by atoms with Crippen LogP contribution in [0.25, 0.3) is 0 Å². The van der Waals surface area contributed by atoms with Crippen molar-refractivity contribution in [1.82, 2.24) is 5.48 Å². The van der Waals surface area contributed by atoms with Crippen molar-refractivity contribution in [1.29, 1.82) is 0 Å². The molecule has 1 saturated carbocycles. The smallest absolute Gasteiger partial charge is 0.277 e. The third kappa shape index (κ3) is 4.37. The lowest BCUT2D eigenvalue weighted by Gasteiger charge is -2.14. The van der Waals surface area contributed by atoms with Crippen molar-refractivity contribution in [3.05, 3.63) is 51.1 Å². The summed E-state index contributed by atoms with van der Waals surface area (Å²) in [4.78, 5) is 17.3. The Bertz CT molecular complexity index is 813. The van der Waals surface area contributed by atoms with E-state index in [1.54, 1.807) is 6.07 Å². The third-order valence-corrected chi connectivity index (χ3v) is 4.41. The molecule has 3 rings (SSSR count). The number of phenols is 1. The van der Waals surface area contributed by atoms with Gasteiger partial charge < -0.3 is 10.4 Å². The van der Waals surface area contributed by atoms with Gasteiger partial charge in [0.1, 0.15) is 5.75 Å². The molecule has 25 heavy (non-hydrogen) atoms. The van der Waals surface area contributed by atoms with E-state index in [0.29, 0.717) is 12.5 Å². The predicted molar refractivity (Wildman–Crippen MR) is 96.6 cm³/mol. The number of carbonyl (C=O) groups excluding carboxylic acids is 1. The van der Waals surface area contributed by atoms with Crippen LogP contribution < -0.4 is 10.8 Å². The molecule has 1 aliphatic carbocycles. The van der Waals surface area contributed by atoms with Crippen LogP contribution in [-0.2, 0) is 4.84 Å². The van der Waals surface area contributed by atoms with Crippen LogP contribution in [-0.4, -0.2) is 17.6 Å². The zero-order valence-corrected chi connectivity index (χ0v) is 15.1. The lowest BCUT2D eigenvalue weighted by atomic mass is 10.1. The van der Waals surface area contributed by atoms with E-state index >= 15 is 0 Å². The van der Waals surface area contributed by atoms with Gasteiger partial charge in [-0.3, -0.25) is 9.63 Å². The van der Waals surface area contributed by atoms with Crippen LogP contribution in [0.5, 0.6) is 5.75 Å². The molecule has 0 aromatic heterocycles. The number of hydrogen-bond donors (Lipinski definition) is 3. The Morgan fingerprint density at radius 2 is 2.04 bits per heavy atom. The first-order chi connectivity index (χ1) is 12.0. The number of nitrogens with one attached hydrogen (secondary N) is 2. The number of phenolic OH excluding ortho intramolecular Hbond substituents is 1. The number of halogens is 3. The molecule has 3 N–H and O–H groups in total. The van der Waals surface area contributed by atoms with Crippen LogP contribution in [0.4, 0.5) is 20.2 Å². The molecule has 5 nitrogen and oxygen atoms in total. The molecule has 0 spiro atoms. The summed E-state index contributed by atoms with van der Waals surface area (Å²) in [5, 5.41) is 12.5. The van der Waals surface area contributed by atoms with Gasteiger partial charge in [0.25, 0.3) is 5.91 Å². The number of amides is 1. The Morgan fingerprint density at radius 1 is 1.28 bits per heavy atom. The predicted octanol–water partition coefficient (Wildman–Crippen LogP) is 4.09. The first kappa shape index (κ1) is 17.9. The number of carbonyl (C=O) groups is 1. The number of hydrogen-bond acceptors (Lipinski definition) is 4. The van der Waals surface area contributed by atoms with Crippen LogP contribution in [0.1, 0.15) is 23.2 Å². The molecule has 0 unspecified atom stereocenters. The Balaban J connectivity index is 1.85. The van der Waals surface area contributed by atoms with Gasteiger partial charge >= 0.3 is 0 Å².